The van der Waals surface area contributed by atoms with Gasteiger partial charge in [-0.1, -0.05) is 95.6 Å². The van der Waals surface area contributed by atoms with E-state index in [0.29, 0.717) is 16.8 Å². The molecular weight excluding hydrogens is 520 g/mol. The van der Waals surface area contributed by atoms with Crippen LogP contribution in [0.5, 0.6) is 0 Å². The van der Waals surface area contributed by atoms with Crippen LogP contribution in [0.4, 0.5) is 11.4 Å². The third-order valence-electron chi connectivity index (χ3n) is 9.36. The smallest absolute Gasteiger partial charge is 0.238 e. The molecule has 0 aromatic heterocycles. The van der Waals surface area contributed by atoms with Gasteiger partial charge in [-0.15, -0.1) is 0 Å². The Hall–Kier alpha value is -4.77. The predicted octanol–water partition coefficient (Wildman–Crippen LogP) is 6.86. The highest BCUT2D eigenvalue weighted by molar-refractivity contribution is 6.18. The number of rotatable bonds is 4. The largest absolute Gasteiger partial charge is 0.352 e. The van der Waals surface area contributed by atoms with Crippen molar-refractivity contribution < 1.29 is 14.4 Å². The van der Waals surface area contributed by atoms with Crippen molar-refractivity contribution in [1.29, 1.82) is 0 Å². The van der Waals surface area contributed by atoms with Crippen molar-refractivity contribution in [1.82, 2.24) is 0 Å². The predicted molar refractivity (Wildman–Crippen MR) is 166 cm³/mol. The Labute approximate surface area is 245 Å². The summed E-state index contributed by atoms with van der Waals surface area (Å²) in [7, 11) is 0. The number of aryl methyl sites for hydroxylation is 3. The van der Waals surface area contributed by atoms with Gasteiger partial charge in [-0.3, -0.25) is 14.4 Å². The molecule has 5 nitrogen and oxygen atoms in total. The van der Waals surface area contributed by atoms with Crippen molar-refractivity contribution in [3.05, 3.63) is 136 Å². The summed E-state index contributed by atoms with van der Waals surface area (Å²) >= 11 is 0. The molecular formula is C37H32N2O3. The lowest BCUT2D eigenvalue weighted by Crippen LogP contribution is -2.51. The van der Waals surface area contributed by atoms with Gasteiger partial charge in [0.05, 0.1) is 12.0 Å². The van der Waals surface area contributed by atoms with Gasteiger partial charge in [0.25, 0.3) is 0 Å². The number of para-hydroxylation sites is 1. The maximum Gasteiger partial charge on any atom is 0.238 e. The van der Waals surface area contributed by atoms with Crippen LogP contribution < -0.4 is 10.2 Å². The van der Waals surface area contributed by atoms with Crippen LogP contribution in [0.2, 0.25) is 0 Å². The highest BCUT2D eigenvalue weighted by atomic mass is 16.2. The number of ketones is 2. The third-order valence-corrected chi connectivity index (χ3v) is 9.36. The number of anilines is 2. The lowest BCUT2D eigenvalue weighted by Gasteiger charge is -2.39. The summed E-state index contributed by atoms with van der Waals surface area (Å²) < 4.78 is 0. The minimum Gasteiger partial charge on any atom is -0.352 e. The number of carbonyl (C=O) groups is 3. The summed E-state index contributed by atoms with van der Waals surface area (Å²) in [6, 6.07) is 27.3. The summed E-state index contributed by atoms with van der Waals surface area (Å²) in [4.78, 5) is 46.2. The third kappa shape index (κ3) is 3.59. The second kappa shape index (κ2) is 9.38. The number of hydrogen-bond donors (Lipinski definition) is 1. The zero-order valence-electron chi connectivity index (χ0n) is 24.1. The lowest BCUT2D eigenvalue weighted by molar-refractivity contribution is -0.121. The van der Waals surface area contributed by atoms with Gasteiger partial charge in [0.15, 0.2) is 11.6 Å². The molecule has 3 heterocycles. The summed E-state index contributed by atoms with van der Waals surface area (Å²) in [5.41, 5.74) is 7.23. The molecule has 208 valence electrons. The fraction of sp³-hybridized carbons (Fsp3) is 0.216. The number of nitrogens with one attached hydrogen (secondary N) is 1. The number of benzene rings is 4. The Morgan fingerprint density at radius 2 is 1.33 bits per heavy atom. The number of hydrogen-bond acceptors (Lipinski definition) is 4. The second-order valence-electron chi connectivity index (χ2n) is 12.0. The standard InChI is InChI=1S/C37H32N2O3/c1-21-9-14-25(15-10-21)34(40)32-33(35(41)26-16-11-22(2)12-17-26)39-30-18-13-23(3)19-27(30)24(4)20-31(39)37(32)28-7-5-6-8-29(28)38-36(37)42/h5-20,31-33H,1-4H3,(H,38,42). The van der Waals surface area contributed by atoms with Gasteiger partial charge in [-0.25, -0.2) is 0 Å². The molecule has 3 aliphatic heterocycles. The minimum absolute atomic E-state index is 0.168. The normalized spacial score (nSPS) is 23.6. The zero-order chi connectivity index (χ0) is 29.3. The van der Waals surface area contributed by atoms with E-state index in [4.69, 9.17) is 0 Å². The molecule has 0 radical (unpaired) electrons. The number of Topliss-reactive ketones (excluding diaryl/α,β-unsaturated/α-hetero) is 2. The van der Waals surface area contributed by atoms with E-state index in [1.807, 2.05) is 113 Å². The molecule has 1 spiro atoms. The first kappa shape index (κ1) is 26.1. The first-order valence-corrected chi connectivity index (χ1v) is 14.4. The van der Waals surface area contributed by atoms with Crippen LogP contribution in [-0.4, -0.2) is 29.6 Å². The van der Waals surface area contributed by atoms with Crippen LogP contribution >= 0.6 is 0 Å². The zero-order valence-corrected chi connectivity index (χ0v) is 24.1. The van der Waals surface area contributed by atoms with Crippen molar-refractivity contribution in [3.8, 4) is 0 Å². The van der Waals surface area contributed by atoms with E-state index >= 15 is 0 Å². The maximum atomic E-state index is 14.9. The van der Waals surface area contributed by atoms with Gasteiger partial charge in [-0.05, 0) is 57.0 Å². The first-order valence-electron chi connectivity index (χ1n) is 14.4. The van der Waals surface area contributed by atoms with Gasteiger partial charge in [0.2, 0.25) is 5.91 Å². The monoisotopic (exact) mass is 552 g/mol. The molecule has 4 atom stereocenters. The molecule has 0 bridgehead atoms. The van der Waals surface area contributed by atoms with Crippen LogP contribution in [0.15, 0.2) is 97.1 Å². The average molecular weight is 553 g/mol. The van der Waals surface area contributed by atoms with E-state index in [2.05, 4.69) is 22.4 Å². The summed E-state index contributed by atoms with van der Waals surface area (Å²) in [5.74, 6) is -1.60. The summed E-state index contributed by atoms with van der Waals surface area (Å²) in [6.45, 7) is 8.05. The van der Waals surface area contributed by atoms with Crippen molar-refractivity contribution in [2.24, 2.45) is 5.92 Å². The van der Waals surface area contributed by atoms with Crippen molar-refractivity contribution in [3.63, 3.8) is 0 Å². The Kier molecular flexibility index (Phi) is 5.84. The van der Waals surface area contributed by atoms with E-state index in [0.717, 1.165) is 39.1 Å². The Balaban J connectivity index is 1.55. The highest BCUT2D eigenvalue weighted by Crippen LogP contribution is 2.58. The van der Waals surface area contributed by atoms with Crippen LogP contribution in [0.3, 0.4) is 0 Å². The molecule has 1 N–H and O–H groups in total. The van der Waals surface area contributed by atoms with Crippen LogP contribution in [0, 0.1) is 26.7 Å². The van der Waals surface area contributed by atoms with Crippen LogP contribution in [0.25, 0.3) is 5.57 Å². The van der Waals surface area contributed by atoms with E-state index in [1.54, 1.807) is 0 Å². The molecule has 4 unspecified atom stereocenters. The van der Waals surface area contributed by atoms with Crippen LogP contribution in [0.1, 0.15) is 55.5 Å². The molecule has 5 heteroatoms. The van der Waals surface area contributed by atoms with E-state index in [9.17, 15) is 14.4 Å². The molecule has 1 fully saturated rings. The van der Waals surface area contributed by atoms with E-state index in [1.165, 1.54) is 0 Å². The molecule has 1 amide bonds. The number of nitrogens with zero attached hydrogens (tertiary/aromatic N) is 1. The van der Waals surface area contributed by atoms with E-state index < -0.39 is 23.4 Å². The summed E-state index contributed by atoms with van der Waals surface area (Å²) in [6.07, 6.45) is 2.10. The molecule has 4 aromatic carbocycles. The molecule has 0 saturated carbocycles. The molecule has 1 saturated heterocycles. The second-order valence-corrected chi connectivity index (χ2v) is 12.0. The number of fused-ring (bicyclic) bond motifs is 6. The molecule has 0 aliphatic carbocycles. The van der Waals surface area contributed by atoms with Gasteiger partial charge >= 0.3 is 0 Å². The number of amides is 1. The van der Waals surface area contributed by atoms with Crippen LogP contribution in [-0.2, 0) is 10.2 Å². The Morgan fingerprint density at radius 1 is 0.738 bits per heavy atom. The average Bonchev–Trinajstić information content (AvgIpc) is 3.45. The molecule has 42 heavy (non-hydrogen) atoms. The lowest BCUT2D eigenvalue weighted by atomic mass is 9.64. The Bertz CT molecular complexity index is 1820. The quantitative estimate of drug-likeness (QED) is 0.281. The molecule has 4 aromatic rings. The fourth-order valence-corrected chi connectivity index (χ4v) is 7.33. The SMILES string of the molecule is CC1=CC2N(c3ccc(C)cc31)C(C(=O)c1ccc(C)cc1)C(C(=O)c1ccc(C)cc1)C21C(=O)Nc2ccccc21. The summed E-state index contributed by atoms with van der Waals surface area (Å²) in [5, 5.41) is 3.10. The topological polar surface area (TPSA) is 66.5 Å². The highest BCUT2D eigenvalue weighted by Gasteiger charge is 2.70. The molecule has 7 rings (SSSR count). The number of allylic oxidation sites excluding steroid dienone is 1. The van der Waals surface area contributed by atoms with Gasteiger partial charge in [-0.2, -0.15) is 0 Å². The Morgan fingerprint density at radius 3 is 2.00 bits per heavy atom. The van der Waals surface area contributed by atoms with Crippen molar-refractivity contribution in [2.75, 3.05) is 10.2 Å². The van der Waals surface area contributed by atoms with Crippen molar-refractivity contribution >= 4 is 34.4 Å². The minimum atomic E-state index is -1.31. The number of carbonyl (C=O) groups excluding carboxylic acids is 3. The maximum absolute atomic E-state index is 14.9. The van der Waals surface area contributed by atoms with Gasteiger partial charge in [0, 0.05) is 28.1 Å². The van der Waals surface area contributed by atoms with Crippen molar-refractivity contribution in [2.45, 2.75) is 45.2 Å². The fourth-order valence-electron chi connectivity index (χ4n) is 7.33. The van der Waals surface area contributed by atoms with E-state index in [-0.39, 0.29) is 17.5 Å². The molecule has 3 aliphatic rings. The first-order chi connectivity index (χ1) is 20.2. The van der Waals surface area contributed by atoms with Gasteiger partial charge in [0.1, 0.15) is 11.5 Å². The van der Waals surface area contributed by atoms with Gasteiger partial charge < -0.3 is 10.2 Å².